The lowest BCUT2D eigenvalue weighted by Gasteiger charge is -2.42. The van der Waals surface area contributed by atoms with Gasteiger partial charge in [-0.1, -0.05) is 39.5 Å². The standard InChI is InChI=1S/C22H36F4O/c1-15-3-7-17(8-4-15)13-18-9-12-20(21(23,24)14-18)22(25,26)27-19-10-5-16(2)6-11-19/h15-20H,3-14H2,1-2H3. The SMILES string of the molecule is CC1CCC(CC2CCC(C(F)(F)OC3CCC(C)CC3)C(F)(F)C2)CC1. The van der Waals surface area contributed by atoms with Gasteiger partial charge in [-0.25, -0.2) is 8.78 Å². The zero-order valence-corrected chi connectivity index (χ0v) is 16.9. The lowest BCUT2D eigenvalue weighted by Crippen LogP contribution is -2.49. The molecule has 1 nitrogen and oxygen atoms in total. The third-order valence-corrected chi connectivity index (χ3v) is 7.43. The molecule has 0 radical (unpaired) electrons. The van der Waals surface area contributed by atoms with Crippen LogP contribution in [0.2, 0.25) is 0 Å². The second kappa shape index (κ2) is 8.59. The molecule has 3 aliphatic carbocycles. The van der Waals surface area contributed by atoms with Crippen molar-refractivity contribution in [3.05, 3.63) is 0 Å². The molecule has 0 aromatic carbocycles. The first-order valence-electron chi connectivity index (χ1n) is 11.1. The van der Waals surface area contributed by atoms with E-state index in [1.807, 2.05) is 0 Å². The Kier molecular flexibility index (Phi) is 6.80. The van der Waals surface area contributed by atoms with Crippen molar-refractivity contribution in [1.82, 2.24) is 0 Å². The van der Waals surface area contributed by atoms with Crippen molar-refractivity contribution in [2.24, 2.45) is 29.6 Å². The van der Waals surface area contributed by atoms with Crippen molar-refractivity contribution in [2.45, 2.75) is 109 Å². The summed E-state index contributed by atoms with van der Waals surface area (Å²) in [6, 6.07) is 0. The van der Waals surface area contributed by atoms with Crippen molar-refractivity contribution in [2.75, 3.05) is 0 Å². The van der Waals surface area contributed by atoms with Gasteiger partial charge in [0.25, 0.3) is 5.92 Å². The molecule has 3 aliphatic rings. The van der Waals surface area contributed by atoms with Crippen LogP contribution in [0.5, 0.6) is 0 Å². The lowest BCUT2D eigenvalue weighted by atomic mass is 9.72. The van der Waals surface area contributed by atoms with Crippen LogP contribution in [0.3, 0.4) is 0 Å². The summed E-state index contributed by atoms with van der Waals surface area (Å²) in [5.41, 5.74) is 0. The van der Waals surface area contributed by atoms with E-state index in [2.05, 4.69) is 13.8 Å². The van der Waals surface area contributed by atoms with Crippen molar-refractivity contribution in [3.8, 4) is 0 Å². The minimum absolute atomic E-state index is 0.124. The highest BCUT2D eigenvalue weighted by molar-refractivity contribution is 4.92. The van der Waals surface area contributed by atoms with Gasteiger partial charge in [0.15, 0.2) is 0 Å². The molecule has 5 heteroatoms. The van der Waals surface area contributed by atoms with Crippen molar-refractivity contribution >= 4 is 0 Å². The molecule has 2 unspecified atom stereocenters. The lowest BCUT2D eigenvalue weighted by molar-refractivity contribution is -0.337. The molecule has 0 N–H and O–H groups in total. The zero-order valence-electron chi connectivity index (χ0n) is 16.9. The Bertz CT molecular complexity index is 465. The zero-order chi connectivity index (χ0) is 19.7. The Morgan fingerprint density at radius 2 is 1.30 bits per heavy atom. The van der Waals surface area contributed by atoms with Crippen LogP contribution in [0.1, 0.15) is 90.9 Å². The number of ether oxygens (including phenoxy) is 1. The maximum absolute atomic E-state index is 14.7. The summed E-state index contributed by atoms with van der Waals surface area (Å²) in [4.78, 5) is 0. The van der Waals surface area contributed by atoms with E-state index in [1.54, 1.807) is 0 Å². The van der Waals surface area contributed by atoms with E-state index in [-0.39, 0.29) is 12.3 Å². The number of rotatable bonds is 5. The maximum atomic E-state index is 14.7. The fraction of sp³-hybridized carbons (Fsp3) is 1.00. The maximum Gasteiger partial charge on any atom is 0.364 e. The van der Waals surface area contributed by atoms with E-state index in [0.717, 1.165) is 38.0 Å². The van der Waals surface area contributed by atoms with Gasteiger partial charge in [-0.3, -0.25) is 0 Å². The fourth-order valence-corrected chi connectivity index (χ4v) is 5.55. The van der Waals surface area contributed by atoms with Crippen LogP contribution in [0, 0.1) is 29.6 Å². The molecule has 0 spiro atoms. The highest BCUT2D eigenvalue weighted by Gasteiger charge is 2.58. The molecule has 3 fully saturated rings. The Hall–Kier alpha value is -0.320. The molecule has 0 amide bonds. The Balaban J connectivity index is 1.53. The molecule has 27 heavy (non-hydrogen) atoms. The first kappa shape index (κ1) is 21.4. The fourth-order valence-electron chi connectivity index (χ4n) is 5.55. The van der Waals surface area contributed by atoms with Gasteiger partial charge in [-0.2, -0.15) is 8.78 Å². The van der Waals surface area contributed by atoms with Crippen molar-refractivity contribution in [1.29, 1.82) is 0 Å². The monoisotopic (exact) mass is 392 g/mol. The Morgan fingerprint density at radius 1 is 0.778 bits per heavy atom. The largest absolute Gasteiger partial charge is 0.364 e. The summed E-state index contributed by atoms with van der Waals surface area (Å²) >= 11 is 0. The number of alkyl halides is 4. The van der Waals surface area contributed by atoms with Crippen molar-refractivity contribution in [3.63, 3.8) is 0 Å². The predicted molar refractivity (Wildman–Crippen MR) is 99.0 cm³/mol. The molecule has 0 aromatic rings. The Labute approximate surface area is 161 Å². The van der Waals surface area contributed by atoms with E-state index in [9.17, 15) is 17.6 Å². The highest BCUT2D eigenvalue weighted by Crippen LogP contribution is 2.51. The van der Waals surface area contributed by atoms with Gasteiger partial charge in [0.1, 0.15) is 5.92 Å². The highest BCUT2D eigenvalue weighted by atomic mass is 19.3. The average molecular weight is 393 g/mol. The topological polar surface area (TPSA) is 9.23 Å². The molecule has 2 atom stereocenters. The first-order valence-corrected chi connectivity index (χ1v) is 11.1. The number of halogens is 4. The van der Waals surface area contributed by atoms with Crippen LogP contribution in [0.4, 0.5) is 17.6 Å². The second-order valence-electron chi connectivity index (χ2n) is 9.88. The first-order chi connectivity index (χ1) is 12.7. The molecule has 3 saturated carbocycles. The molecule has 0 aliphatic heterocycles. The number of hydrogen-bond donors (Lipinski definition) is 0. The number of hydrogen-bond acceptors (Lipinski definition) is 1. The van der Waals surface area contributed by atoms with E-state index < -0.39 is 30.5 Å². The molecule has 3 rings (SSSR count). The van der Waals surface area contributed by atoms with Crippen LogP contribution in [0.15, 0.2) is 0 Å². The summed E-state index contributed by atoms with van der Waals surface area (Å²) in [5.74, 6) is -3.68. The molecule has 0 saturated heterocycles. The molecule has 0 bridgehead atoms. The Morgan fingerprint density at radius 3 is 1.85 bits per heavy atom. The predicted octanol–water partition coefficient (Wildman–Crippen LogP) is 7.44. The summed E-state index contributed by atoms with van der Waals surface area (Å²) in [6.45, 7) is 4.33. The van der Waals surface area contributed by atoms with E-state index >= 15 is 0 Å². The van der Waals surface area contributed by atoms with Gasteiger partial charge in [0.05, 0.1) is 6.10 Å². The van der Waals surface area contributed by atoms with E-state index in [4.69, 9.17) is 4.74 Å². The van der Waals surface area contributed by atoms with Gasteiger partial charge >= 0.3 is 6.11 Å². The quantitative estimate of drug-likeness (QED) is 0.442. The molecule has 158 valence electrons. The summed E-state index contributed by atoms with van der Waals surface area (Å²) in [6.07, 6.45) is 3.76. The van der Waals surface area contributed by atoms with Crippen LogP contribution < -0.4 is 0 Å². The average Bonchev–Trinajstić information content (AvgIpc) is 2.58. The van der Waals surface area contributed by atoms with Gasteiger partial charge in [0.2, 0.25) is 0 Å². The normalized spacial score (nSPS) is 40.7. The third-order valence-electron chi connectivity index (χ3n) is 7.43. The minimum Gasteiger partial charge on any atom is -0.317 e. The van der Waals surface area contributed by atoms with Gasteiger partial charge in [0, 0.05) is 6.42 Å². The molecular weight excluding hydrogens is 356 g/mol. The van der Waals surface area contributed by atoms with Crippen LogP contribution >= 0.6 is 0 Å². The van der Waals surface area contributed by atoms with E-state index in [0.29, 0.717) is 31.1 Å². The smallest absolute Gasteiger partial charge is 0.317 e. The van der Waals surface area contributed by atoms with Crippen LogP contribution in [0.25, 0.3) is 0 Å². The summed E-state index contributed by atoms with van der Waals surface area (Å²) in [5, 5.41) is 0. The minimum atomic E-state index is -3.72. The van der Waals surface area contributed by atoms with E-state index in [1.165, 1.54) is 12.8 Å². The van der Waals surface area contributed by atoms with Gasteiger partial charge in [-0.05, 0) is 68.6 Å². The second-order valence-corrected chi connectivity index (χ2v) is 9.88. The van der Waals surface area contributed by atoms with Crippen molar-refractivity contribution < 1.29 is 22.3 Å². The van der Waals surface area contributed by atoms with Crippen LogP contribution in [-0.2, 0) is 4.74 Å². The summed E-state index contributed by atoms with van der Waals surface area (Å²) in [7, 11) is 0. The van der Waals surface area contributed by atoms with Gasteiger partial charge in [-0.15, -0.1) is 0 Å². The molecule has 0 aromatic heterocycles. The summed E-state index contributed by atoms with van der Waals surface area (Å²) < 4.78 is 63.6. The molecule has 0 heterocycles. The molecular formula is C22H36F4O. The van der Waals surface area contributed by atoms with Gasteiger partial charge < -0.3 is 4.74 Å². The third kappa shape index (κ3) is 5.61. The van der Waals surface area contributed by atoms with Crippen LogP contribution in [-0.4, -0.2) is 18.1 Å².